The summed E-state index contributed by atoms with van der Waals surface area (Å²) < 4.78 is 12.8. The van der Waals surface area contributed by atoms with Gasteiger partial charge >= 0.3 is 0 Å². The number of benzene rings is 1. The van der Waals surface area contributed by atoms with Crippen molar-refractivity contribution in [1.29, 1.82) is 0 Å². The molecule has 2 aromatic rings. The average molecular weight is 349 g/mol. The molecule has 0 aliphatic carbocycles. The number of hydrogen-bond acceptors (Lipinski definition) is 3. The first-order valence-electron chi connectivity index (χ1n) is 7.68. The second-order valence-electron chi connectivity index (χ2n) is 5.71. The third-order valence-corrected chi connectivity index (χ3v) is 4.14. The van der Waals surface area contributed by atoms with Crippen LogP contribution in [0.3, 0.4) is 0 Å². The molecule has 0 spiro atoms. The largest absolute Gasteiger partial charge is 0.454 e. The van der Waals surface area contributed by atoms with Gasteiger partial charge in [0.2, 0.25) is 6.79 Å². The first kappa shape index (κ1) is 16.5. The molecule has 128 valence electrons. The molecule has 1 aliphatic heterocycles. The first-order chi connectivity index (χ1) is 11.6. The van der Waals surface area contributed by atoms with Crippen molar-refractivity contribution in [3.8, 4) is 11.5 Å². The van der Waals surface area contributed by atoms with E-state index in [2.05, 4.69) is 15.2 Å². The van der Waals surface area contributed by atoms with Crippen LogP contribution in [-0.4, -0.2) is 36.3 Å². The lowest BCUT2D eigenvalue weighted by atomic mass is 10.2. The van der Waals surface area contributed by atoms with Gasteiger partial charge in [0.15, 0.2) is 17.5 Å². The molecule has 0 bridgehead atoms. The molecule has 0 atom stereocenters. The molecule has 24 heavy (non-hydrogen) atoms. The number of hydrogen-bond donors (Lipinski definition) is 1. The van der Waals surface area contributed by atoms with Gasteiger partial charge in [-0.25, -0.2) is 0 Å². The van der Waals surface area contributed by atoms with Crippen LogP contribution in [0.4, 0.5) is 0 Å². The van der Waals surface area contributed by atoms with Crippen molar-refractivity contribution < 1.29 is 9.47 Å². The van der Waals surface area contributed by atoms with E-state index < -0.39 is 0 Å². The van der Waals surface area contributed by atoms with Gasteiger partial charge in [-0.05, 0) is 23.8 Å². The second-order valence-corrected chi connectivity index (χ2v) is 6.14. The first-order valence-corrected chi connectivity index (χ1v) is 8.05. The summed E-state index contributed by atoms with van der Waals surface area (Å²) in [4.78, 5) is 6.40. The predicted molar refractivity (Wildman–Crippen MR) is 94.7 cm³/mol. The lowest BCUT2D eigenvalue weighted by molar-refractivity contribution is 0.174. The molecule has 0 saturated heterocycles. The maximum Gasteiger partial charge on any atom is 0.231 e. The summed E-state index contributed by atoms with van der Waals surface area (Å²) in [6, 6.07) is 7.89. The van der Waals surface area contributed by atoms with Crippen molar-refractivity contribution in [2.75, 3.05) is 20.9 Å². The zero-order valence-corrected chi connectivity index (χ0v) is 14.8. The number of aryl methyl sites for hydroxylation is 1. The molecule has 0 amide bonds. The molecule has 0 radical (unpaired) electrons. The fourth-order valence-electron chi connectivity index (χ4n) is 2.66. The Morgan fingerprint density at radius 3 is 2.83 bits per heavy atom. The van der Waals surface area contributed by atoms with Crippen LogP contribution in [0.5, 0.6) is 11.5 Å². The van der Waals surface area contributed by atoms with Crippen molar-refractivity contribution in [2.24, 2.45) is 12.0 Å². The Balaban J connectivity index is 1.61. The summed E-state index contributed by atoms with van der Waals surface area (Å²) in [6.45, 7) is 1.65. The minimum atomic E-state index is 0.288. The minimum Gasteiger partial charge on any atom is -0.454 e. The van der Waals surface area contributed by atoms with Crippen molar-refractivity contribution in [2.45, 2.75) is 13.1 Å². The molecule has 1 aliphatic rings. The molecule has 0 unspecified atom stereocenters. The third-order valence-electron chi connectivity index (χ3n) is 3.93. The summed E-state index contributed by atoms with van der Waals surface area (Å²) in [7, 11) is 5.75. The molecule has 1 aromatic heterocycles. The SMILES string of the molecule is CN=C(NCc1ccc2c(c1)OCO2)N(C)Cc1cc(Cl)cn1C. The topological polar surface area (TPSA) is 51.0 Å². The van der Waals surface area contributed by atoms with Gasteiger partial charge in [0, 0.05) is 39.6 Å². The van der Waals surface area contributed by atoms with Crippen LogP contribution in [0.1, 0.15) is 11.3 Å². The van der Waals surface area contributed by atoms with Gasteiger partial charge in [-0.3, -0.25) is 4.99 Å². The molecule has 1 aromatic carbocycles. The molecular formula is C17H21ClN4O2. The number of ether oxygens (including phenoxy) is 2. The van der Waals surface area contributed by atoms with E-state index in [1.165, 1.54) is 0 Å². The lowest BCUT2D eigenvalue weighted by Crippen LogP contribution is -2.38. The Hall–Kier alpha value is -2.34. The average Bonchev–Trinajstić information content (AvgIpc) is 3.13. The summed E-state index contributed by atoms with van der Waals surface area (Å²) in [5.41, 5.74) is 2.23. The van der Waals surface area contributed by atoms with Crippen LogP contribution in [0.25, 0.3) is 0 Å². The highest BCUT2D eigenvalue weighted by molar-refractivity contribution is 6.30. The highest BCUT2D eigenvalue weighted by Crippen LogP contribution is 2.32. The van der Waals surface area contributed by atoms with Crippen LogP contribution in [0, 0.1) is 0 Å². The van der Waals surface area contributed by atoms with E-state index in [9.17, 15) is 0 Å². The number of halogens is 1. The van der Waals surface area contributed by atoms with Crippen LogP contribution >= 0.6 is 11.6 Å². The van der Waals surface area contributed by atoms with E-state index in [-0.39, 0.29) is 6.79 Å². The Labute approximate surface area is 146 Å². The van der Waals surface area contributed by atoms with E-state index in [4.69, 9.17) is 21.1 Å². The number of rotatable bonds is 4. The van der Waals surface area contributed by atoms with E-state index in [0.717, 1.165) is 33.7 Å². The molecule has 0 saturated carbocycles. The second kappa shape index (κ2) is 7.05. The number of guanidine groups is 1. The van der Waals surface area contributed by atoms with Crippen molar-refractivity contribution in [3.63, 3.8) is 0 Å². The summed E-state index contributed by atoms with van der Waals surface area (Å²) in [5.74, 6) is 2.39. The van der Waals surface area contributed by atoms with Crippen LogP contribution in [0.15, 0.2) is 35.5 Å². The molecular weight excluding hydrogens is 328 g/mol. The normalized spacial score (nSPS) is 13.2. The number of aliphatic imine (C=N–C) groups is 1. The fourth-order valence-corrected chi connectivity index (χ4v) is 2.93. The maximum absolute atomic E-state index is 6.04. The smallest absolute Gasteiger partial charge is 0.231 e. The summed E-state index contributed by atoms with van der Waals surface area (Å²) >= 11 is 6.04. The highest BCUT2D eigenvalue weighted by Gasteiger charge is 2.14. The van der Waals surface area contributed by atoms with Gasteiger partial charge in [-0.2, -0.15) is 0 Å². The van der Waals surface area contributed by atoms with Crippen LogP contribution in [0.2, 0.25) is 5.02 Å². The van der Waals surface area contributed by atoms with E-state index >= 15 is 0 Å². The number of nitrogens with one attached hydrogen (secondary N) is 1. The van der Waals surface area contributed by atoms with Crippen molar-refractivity contribution in [3.05, 3.63) is 46.7 Å². The fraction of sp³-hybridized carbons (Fsp3) is 0.353. The van der Waals surface area contributed by atoms with Crippen LogP contribution in [-0.2, 0) is 20.1 Å². The standard InChI is InChI=1S/C17H21ClN4O2/c1-19-17(22(3)10-14-7-13(18)9-21(14)2)20-8-12-4-5-15-16(6-12)24-11-23-15/h4-7,9H,8,10-11H2,1-3H3,(H,19,20). The quantitative estimate of drug-likeness (QED) is 0.681. The third kappa shape index (κ3) is 3.59. The Bertz CT molecular complexity index is 757. The van der Waals surface area contributed by atoms with E-state index in [0.29, 0.717) is 13.1 Å². The van der Waals surface area contributed by atoms with Gasteiger partial charge in [0.05, 0.1) is 11.6 Å². The molecule has 0 fully saturated rings. The Morgan fingerprint density at radius 2 is 2.12 bits per heavy atom. The Kier molecular flexibility index (Phi) is 4.85. The van der Waals surface area contributed by atoms with Gasteiger partial charge in [-0.15, -0.1) is 0 Å². The van der Waals surface area contributed by atoms with Gasteiger partial charge in [-0.1, -0.05) is 17.7 Å². The maximum atomic E-state index is 6.04. The summed E-state index contributed by atoms with van der Waals surface area (Å²) in [5, 5.41) is 4.10. The van der Waals surface area contributed by atoms with Crippen LogP contribution < -0.4 is 14.8 Å². The Morgan fingerprint density at radius 1 is 1.33 bits per heavy atom. The van der Waals surface area contributed by atoms with Gasteiger partial charge in [0.1, 0.15) is 0 Å². The molecule has 1 N–H and O–H groups in total. The summed E-state index contributed by atoms with van der Waals surface area (Å²) in [6.07, 6.45) is 1.90. The zero-order valence-electron chi connectivity index (χ0n) is 14.0. The number of fused-ring (bicyclic) bond motifs is 1. The predicted octanol–water partition coefficient (Wildman–Crippen LogP) is 2.61. The van der Waals surface area contributed by atoms with Crippen molar-refractivity contribution >= 4 is 17.6 Å². The van der Waals surface area contributed by atoms with Gasteiger partial charge in [0.25, 0.3) is 0 Å². The number of aromatic nitrogens is 1. The number of nitrogens with zero attached hydrogens (tertiary/aromatic N) is 3. The molecule has 3 rings (SSSR count). The van der Waals surface area contributed by atoms with E-state index in [1.807, 2.05) is 49.1 Å². The minimum absolute atomic E-state index is 0.288. The molecule has 7 heteroatoms. The monoisotopic (exact) mass is 348 g/mol. The highest BCUT2D eigenvalue weighted by atomic mass is 35.5. The molecule has 2 heterocycles. The van der Waals surface area contributed by atoms with Crippen molar-refractivity contribution in [1.82, 2.24) is 14.8 Å². The zero-order chi connectivity index (χ0) is 17.1. The molecule has 6 nitrogen and oxygen atoms in total. The van der Waals surface area contributed by atoms with Gasteiger partial charge < -0.3 is 24.3 Å². The van der Waals surface area contributed by atoms with E-state index in [1.54, 1.807) is 7.05 Å². The lowest BCUT2D eigenvalue weighted by Gasteiger charge is -2.22.